The second-order valence-corrected chi connectivity index (χ2v) is 3.64. The highest BCUT2D eigenvalue weighted by Crippen LogP contribution is 2.18. The van der Waals surface area contributed by atoms with Gasteiger partial charge in [0.15, 0.2) is 0 Å². The molecule has 0 radical (unpaired) electrons. The average Bonchev–Trinajstić information content (AvgIpc) is 2.86. The summed E-state index contributed by atoms with van der Waals surface area (Å²) in [6.45, 7) is 0. The molecule has 3 aromatic rings. The van der Waals surface area contributed by atoms with Crippen molar-refractivity contribution >= 4 is 5.52 Å². The molecule has 3 rings (SSSR count). The van der Waals surface area contributed by atoms with Crippen molar-refractivity contribution in [1.82, 2.24) is 14.6 Å². The maximum Gasteiger partial charge on any atom is 0.141 e. The van der Waals surface area contributed by atoms with E-state index >= 15 is 0 Å². The van der Waals surface area contributed by atoms with Gasteiger partial charge in [0.1, 0.15) is 11.8 Å². The standard InChI is InChI=1S/C13H8N4/c14-9-11-2-1-3-13(16-11)10-5-7-17-12(8-10)4-6-15-17/h1-8H. The number of fused-ring (bicyclic) bond motifs is 1. The molecule has 80 valence electrons. The third kappa shape index (κ3) is 1.64. The lowest BCUT2D eigenvalue weighted by atomic mass is 10.1. The number of nitrogens with zero attached hydrogens (tertiary/aromatic N) is 4. The Hall–Kier alpha value is -2.67. The molecule has 4 nitrogen and oxygen atoms in total. The highest BCUT2D eigenvalue weighted by atomic mass is 15.2. The molecule has 0 N–H and O–H groups in total. The van der Waals surface area contributed by atoms with Crippen LogP contribution in [0.3, 0.4) is 0 Å². The van der Waals surface area contributed by atoms with Crippen molar-refractivity contribution < 1.29 is 0 Å². The molecular formula is C13H8N4. The molecule has 0 unspecified atom stereocenters. The number of hydrogen-bond donors (Lipinski definition) is 0. The fraction of sp³-hybridized carbons (Fsp3) is 0. The molecule has 4 heteroatoms. The van der Waals surface area contributed by atoms with Gasteiger partial charge in [-0.3, -0.25) is 0 Å². The molecule has 0 saturated heterocycles. The molecule has 0 aromatic carbocycles. The highest BCUT2D eigenvalue weighted by Gasteiger charge is 2.02. The third-order valence-corrected chi connectivity index (χ3v) is 2.56. The zero-order chi connectivity index (χ0) is 11.7. The summed E-state index contributed by atoms with van der Waals surface area (Å²) in [6, 6.07) is 13.3. The van der Waals surface area contributed by atoms with Crippen LogP contribution in [0.4, 0.5) is 0 Å². The lowest BCUT2D eigenvalue weighted by Crippen LogP contribution is -1.90. The van der Waals surface area contributed by atoms with Gasteiger partial charge in [-0.1, -0.05) is 6.07 Å². The number of hydrogen-bond acceptors (Lipinski definition) is 3. The molecule has 0 spiro atoms. The van der Waals surface area contributed by atoms with Crippen molar-refractivity contribution in [2.45, 2.75) is 0 Å². The van der Waals surface area contributed by atoms with Gasteiger partial charge >= 0.3 is 0 Å². The summed E-state index contributed by atoms with van der Waals surface area (Å²) in [5.41, 5.74) is 3.21. The first-order chi connectivity index (χ1) is 8.36. The summed E-state index contributed by atoms with van der Waals surface area (Å²) in [4.78, 5) is 4.26. The Bertz CT molecular complexity index is 721. The number of rotatable bonds is 1. The van der Waals surface area contributed by atoms with Crippen LogP contribution in [0.15, 0.2) is 48.8 Å². The minimum Gasteiger partial charge on any atom is -0.241 e. The smallest absolute Gasteiger partial charge is 0.141 e. The van der Waals surface area contributed by atoms with Gasteiger partial charge in [-0.2, -0.15) is 10.4 Å². The zero-order valence-corrected chi connectivity index (χ0v) is 8.91. The highest BCUT2D eigenvalue weighted by molar-refractivity contribution is 5.65. The first-order valence-electron chi connectivity index (χ1n) is 5.18. The Balaban J connectivity index is 2.16. The second-order valence-electron chi connectivity index (χ2n) is 3.64. The van der Waals surface area contributed by atoms with E-state index in [-0.39, 0.29) is 0 Å². The molecule has 0 aliphatic heterocycles. The van der Waals surface area contributed by atoms with Crippen LogP contribution in [0.5, 0.6) is 0 Å². The van der Waals surface area contributed by atoms with E-state index in [1.54, 1.807) is 16.8 Å². The van der Waals surface area contributed by atoms with E-state index in [1.165, 1.54) is 0 Å². The van der Waals surface area contributed by atoms with Gasteiger partial charge < -0.3 is 0 Å². The lowest BCUT2D eigenvalue weighted by molar-refractivity contribution is 0.961. The van der Waals surface area contributed by atoms with Gasteiger partial charge in [0.25, 0.3) is 0 Å². The molecule has 17 heavy (non-hydrogen) atoms. The number of aromatic nitrogens is 3. The van der Waals surface area contributed by atoms with Crippen molar-refractivity contribution in [2.75, 3.05) is 0 Å². The summed E-state index contributed by atoms with van der Waals surface area (Å²) in [5, 5.41) is 13.0. The summed E-state index contributed by atoms with van der Waals surface area (Å²) in [7, 11) is 0. The van der Waals surface area contributed by atoms with Crippen LogP contribution < -0.4 is 0 Å². The number of pyridine rings is 2. The van der Waals surface area contributed by atoms with Gasteiger partial charge in [0.05, 0.1) is 11.2 Å². The minimum absolute atomic E-state index is 0.427. The van der Waals surface area contributed by atoms with Gasteiger partial charge in [-0.25, -0.2) is 9.50 Å². The van der Waals surface area contributed by atoms with Crippen LogP contribution in [-0.2, 0) is 0 Å². The summed E-state index contributed by atoms with van der Waals surface area (Å²) in [6.07, 6.45) is 3.63. The van der Waals surface area contributed by atoms with E-state index in [9.17, 15) is 0 Å². The molecule has 0 fully saturated rings. The zero-order valence-electron chi connectivity index (χ0n) is 8.91. The fourth-order valence-corrected chi connectivity index (χ4v) is 1.74. The summed E-state index contributed by atoms with van der Waals surface area (Å²) >= 11 is 0. The Morgan fingerprint density at radius 2 is 2.12 bits per heavy atom. The van der Waals surface area contributed by atoms with E-state index in [0.29, 0.717) is 5.69 Å². The predicted octanol–water partition coefficient (Wildman–Crippen LogP) is 2.27. The maximum atomic E-state index is 8.82. The predicted molar refractivity (Wildman–Crippen MR) is 63.1 cm³/mol. The monoisotopic (exact) mass is 220 g/mol. The molecule has 0 atom stereocenters. The van der Waals surface area contributed by atoms with Crippen molar-refractivity contribution in [3.8, 4) is 17.3 Å². The second kappa shape index (κ2) is 3.72. The largest absolute Gasteiger partial charge is 0.241 e. The molecular weight excluding hydrogens is 212 g/mol. The average molecular weight is 220 g/mol. The topological polar surface area (TPSA) is 54.0 Å². The molecule has 3 heterocycles. The summed E-state index contributed by atoms with van der Waals surface area (Å²) in [5.74, 6) is 0. The first-order valence-corrected chi connectivity index (χ1v) is 5.18. The van der Waals surface area contributed by atoms with Crippen molar-refractivity contribution in [3.63, 3.8) is 0 Å². The van der Waals surface area contributed by atoms with Crippen molar-refractivity contribution in [1.29, 1.82) is 5.26 Å². The van der Waals surface area contributed by atoms with Crippen LogP contribution in [0.25, 0.3) is 16.8 Å². The van der Waals surface area contributed by atoms with Crippen LogP contribution in [0, 0.1) is 11.3 Å². The molecule has 0 amide bonds. The van der Waals surface area contributed by atoms with Crippen molar-refractivity contribution in [2.24, 2.45) is 0 Å². The quantitative estimate of drug-likeness (QED) is 0.632. The van der Waals surface area contributed by atoms with Crippen LogP contribution >= 0.6 is 0 Å². The Morgan fingerprint density at radius 3 is 3.00 bits per heavy atom. The lowest BCUT2D eigenvalue weighted by Gasteiger charge is -2.01. The maximum absolute atomic E-state index is 8.82. The van der Waals surface area contributed by atoms with Gasteiger partial charge in [0.2, 0.25) is 0 Å². The third-order valence-electron chi connectivity index (χ3n) is 2.56. The molecule has 0 saturated carbocycles. The van der Waals surface area contributed by atoms with E-state index in [4.69, 9.17) is 5.26 Å². The number of nitriles is 1. The summed E-state index contributed by atoms with van der Waals surface area (Å²) < 4.78 is 1.79. The minimum atomic E-state index is 0.427. The molecule has 0 aliphatic rings. The Labute approximate surface area is 97.8 Å². The normalized spacial score (nSPS) is 10.3. The van der Waals surface area contributed by atoms with Gasteiger partial charge in [-0.05, 0) is 30.3 Å². The van der Waals surface area contributed by atoms with E-state index in [1.807, 2.05) is 42.6 Å². The van der Waals surface area contributed by atoms with E-state index in [0.717, 1.165) is 16.8 Å². The Kier molecular flexibility index (Phi) is 2.09. The van der Waals surface area contributed by atoms with E-state index < -0.39 is 0 Å². The van der Waals surface area contributed by atoms with Crippen LogP contribution in [-0.4, -0.2) is 14.6 Å². The molecule has 0 bridgehead atoms. The van der Waals surface area contributed by atoms with Gasteiger partial charge in [-0.15, -0.1) is 0 Å². The molecule has 3 aromatic heterocycles. The van der Waals surface area contributed by atoms with Crippen molar-refractivity contribution in [3.05, 3.63) is 54.5 Å². The Morgan fingerprint density at radius 1 is 1.18 bits per heavy atom. The molecule has 0 aliphatic carbocycles. The van der Waals surface area contributed by atoms with E-state index in [2.05, 4.69) is 10.1 Å². The SMILES string of the molecule is N#Cc1cccc(-c2ccn3nccc3c2)n1. The van der Waals surface area contributed by atoms with Gasteiger partial charge in [0, 0.05) is 18.0 Å². The van der Waals surface area contributed by atoms with Crippen LogP contribution in [0.1, 0.15) is 5.69 Å². The fourth-order valence-electron chi connectivity index (χ4n) is 1.74. The van der Waals surface area contributed by atoms with Crippen LogP contribution in [0.2, 0.25) is 0 Å². The first kappa shape index (κ1) is 9.55.